The van der Waals surface area contributed by atoms with Gasteiger partial charge in [0.15, 0.2) is 0 Å². The molecule has 1 saturated heterocycles. The summed E-state index contributed by atoms with van der Waals surface area (Å²) in [7, 11) is 0. The molecule has 34 heavy (non-hydrogen) atoms. The first kappa shape index (κ1) is 22.2. The first-order valence-corrected chi connectivity index (χ1v) is 11.6. The van der Waals surface area contributed by atoms with Crippen molar-refractivity contribution in [3.8, 4) is 5.75 Å². The van der Waals surface area contributed by atoms with Crippen molar-refractivity contribution in [1.82, 2.24) is 25.5 Å². The second kappa shape index (κ2) is 9.74. The lowest BCUT2D eigenvalue weighted by Gasteiger charge is -2.30. The smallest absolute Gasteiger partial charge is 0.251 e. The monoisotopic (exact) mass is 475 g/mol. The Morgan fingerprint density at radius 3 is 2.79 bits per heavy atom. The lowest BCUT2D eigenvalue weighted by atomic mass is 9.94. The van der Waals surface area contributed by atoms with Gasteiger partial charge in [-0.25, -0.2) is 4.98 Å². The topological polar surface area (TPSA) is 105 Å². The van der Waals surface area contributed by atoms with E-state index in [0.717, 1.165) is 22.2 Å². The fourth-order valence-electron chi connectivity index (χ4n) is 4.27. The second-order valence-corrected chi connectivity index (χ2v) is 8.74. The summed E-state index contributed by atoms with van der Waals surface area (Å²) < 4.78 is 12.0. The molecule has 0 saturated carbocycles. The molecule has 2 atom stereocenters. The molecule has 2 aromatic heterocycles. The third-order valence-corrected chi connectivity index (χ3v) is 6.18. The number of H-pyrrole nitrogens is 2. The number of para-hydroxylation sites is 1. The van der Waals surface area contributed by atoms with Gasteiger partial charge in [-0.1, -0.05) is 18.2 Å². The van der Waals surface area contributed by atoms with Gasteiger partial charge in [0.05, 0.1) is 18.0 Å². The van der Waals surface area contributed by atoms with Gasteiger partial charge in [0.25, 0.3) is 5.91 Å². The third kappa shape index (κ3) is 4.85. The molecule has 0 unspecified atom stereocenters. The van der Waals surface area contributed by atoms with Crippen molar-refractivity contribution in [2.24, 2.45) is 0 Å². The van der Waals surface area contributed by atoms with Crippen LogP contribution in [0.25, 0.3) is 10.9 Å². The van der Waals surface area contributed by atoms with Crippen LogP contribution in [0.4, 0.5) is 0 Å². The molecule has 9 heteroatoms. The number of benzene rings is 2. The van der Waals surface area contributed by atoms with E-state index in [-0.39, 0.29) is 17.9 Å². The number of amides is 1. The number of carbonyl (C=O) groups is 1. The van der Waals surface area contributed by atoms with Crippen LogP contribution < -0.4 is 10.1 Å². The normalized spacial score (nSPS) is 18.0. The predicted octanol–water partition coefficient (Wildman–Crippen LogP) is 4.21. The van der Waals surface area contributed by atoms with Crippen LogP contribution in [0.3, 0.4) is 0 Å². The molecule has 1 aliphatic heterocycles. The van der Waals surface area contributed by atoms with Gasteiger partial charge in [0.1, 0.15) is 18.2 Å². The Morgan fingerprint density at radius 1 is 1.18 bits per heavy atom. The lowest BCUT2D eigenvalue weighted by molar-refractivity contribution is 0.0536. The highest BCUT2D eigenvalue weighted by atomic mass is 32.1. The van der Waals surface area contributed by atoms with E-state index in [1.54, 1.807) is 12.1 Å². The number of aromatic amines is 2. The SMILES string of the molecule is Cc1cc(COc2ccc(C(=O)N[C@H]3CCOC[C@@H]3c3nc(=S)[nH][nH]3)cc2)c2ccccc2n1. The largest absolute Gasteiger partial charge is 0.489 e. The Balaban J connectivity index is 1.24. The Kier molecular flexibility index (Phi) is 6.37. The third-order valence-electron chi connectivity index (χ3n) is 5.98. The zero-order chi connectivity index (χ0) is 23.5. The van der Waals surface area contributed by atoms with E-state index in [0.29, 0.717) is 48.1 Å². The molecule has 8 nitrogen and oxygen atoms in total. The van der Waals surface area contributed by atoms with Gasteiger partial charge in [0, 0.05) is 34.9 Å². The number of rotatable bonds is 6. The van der Waals surface area contributed by atoms with Gasteiger partial charge in [-0.05, 0) is 62.0 Å². The van der Waals surface area contributed by atoms with Crippen LogP contribution in [0.2, 0.25) is 0 Å². The van der Waals surface area contributed by atoms with E-state index in [4.69, 9.17) is 21.7 Å². The molecule has 1 aliphatic rings. The maximum atomic E-state index is 12.9. The minimum Gasteiger partial charge on any atom is -0.489 e. The fraction of sp³-hybridized carbons (Fsp3) is 0.280. The number of carbonyl (C=O) groups excluding carboxylic acids is 1. The quantitative estimate of drug-likeness (QED) is 0.361. The number of hydrogen-bond acceptors (Lipinski definition) is 6. The maximum Gasteiger partial charge on any atom is 0.251 e. The van der Waals surface area contributed by atoms with Crippen molar-refractivity contribution >= 4 is 29.0 Å². The van der Waals surface area contributed by atoms with Crippen molar-refractivity contribution in [1.29, 1.82) is 0 Å². The minimum atomic E-state index is -0.145. The first-order valence-electron chi connectivity index (χ1n) is 11.2. The number of ether oxygens (including phenoxy) is 2. The molecule has 2 aromatic carbocycles. The summed E-state index contributed by atoms with van der Waals surface area (Å²) >= 11 is 5.06. The van der Waals surface area contributed by atoms with Crippen molar-refractivity contribution in [2.75, 3.05) is 13.2 Å². The number of fused-ring (bicyclic) bond motifs is 1. The molecule has 0 aliphatic carbocycles. The molecule has 5 rings (SSSR count). The van der Waals surface area contributed by atoms with Gasteiger partial charge < -0.3 is 14.8 Å². The van der Waals surface area contributed by atoms with Crippen LogP contribution in [-0.2, 0) is 11.3 Å². The summed E-state index contributed by atoms with van der Waals surface area (Å²) in [5.74, 6) is 1.15. The number of hydrogen-bond donors (Lipinski definition) is 3. The van der Waals surface area contributed by atoms with Crippen LogP contribution in [-0.4, -0.2) is 45.3 Å². The molecule has 3 heterocycles. The summed E-state index contributed by atoms with van der Waals surface area (Å²) in [6.07, 6.45) is 0.699. The van der Waals surface area contributed by atoms with Crippen LogP contribution in [0.5, 0.6) is 5.75 Å². The van der Waals surface area contributed by atoms with Crippen LogP contribution in [0.15, 0.2) is 54.6 Å². The fourth-order valence-corrected chi connectivity index (χ4v) is 4.42. The summed E-state index contributed by atoms with van der Waals surface area (Å²) in [5.41, 5.74) is 3.55. The molecular weight excluding hydrogens is 450 g/mol. The Morgan fingerprint density at radius 2 is 2.00 bits per heavy atom. The van der Waals surface area contributed by atoms with Gasteiger partial charge >= 0.3 is 0 Å². The average Bonchev–Trinajstić information content (AvgIpc) is 3.29. The summed E-state index contributed by atoms with van der Waals surface area (Å²) in [6.45, 7) is 3.45. The van der Waals surface area contributed by atoms with E-state index >= 15 is 0 Å². The van der Waals surface area contributed by atoms with Crippen LogP contribution >= 0.6 is 12.2 Å². The van der Waals surface area contributed by atoms with Crippen LogP contribution in [0, 0.1) is 11.7 Å². The Bertz CT molecular complexity index is 1360. The zero-order valence-electron chi connectivity index (χ0n) is 18.7. The van der Waals surface area contributed by atoms with Crippen molar-refractivity contribution in [3.05, 3.63) is 82.0 Å². The summed E-state index contributed by atoms with van der Waals surface area (Å²) in [6, 6.07) is 17.2. The predicted molar refractivity (Wildman–Crippen MR) is 130 cm³/mol. The molecule has 3 N–H and O–H groups in total. The molecule has 0 radical (unpaired) electrons. The number of nitrogens with one attached hydrogen (secondary N) is 3. The molecule has 1 fully saturated rings. The van der Waals surface area contributed by atoms with Crippen molar-refractivity contribution in [2.45, 2.75) is 31.9 Å². The number of nitrogens with zero attached hydrogens (tertiary/aromatic N) is 2. The summed E-state index contributed by atoms with van der Waals surface area (Å²) in [5, 5.41) is 9.98. The zero-order valence-corrected chi connectivity index (χ0v) is 19.5. The van der Waals surface area contributed by atoms with E-state index < -0.39 is 0 Å². The second-order valence-electron chi connectivity index (χ2n) is 8.36. The molecule has 1 amide bonds. The van der Waals surface area contributed by atoms with E-state index in [1.165, 1.54) is 0 Å². The molecule has 0 spiro atoms. The first-order chi connectivity index (χ1) is 16.6. The van der Waals surface area contributed by atoms with Crippen LogP contribution in [0.1, 0.15) is 39.8 Å². The van der Waals surface area contributed by atoms with Gasteiger partial charge in [-0.2, -0.15) is 0 Å². The van der Waals surface area contributed by atoms with Gasteiger partial charge in [0.2, 0.25) is 4.77 Å². The van der Waals surface area contributed by atoms with E-state index in [9.17, 15) is 4.79 Å². The molecule has 0 bridgehead atoms. The molecule has 174 valence electrons. The highest BCUT2D eigenvalue weighted by molar-refractivity contribution is 7.71. The number of aromatic nitrogens is 4. The number of pyridine rings is 1. The van der Waals surface area contributed by atoms with Crippen molar-refractivity contribution < 1.29 is 14.3 Å². The highest BCUT2D eigenvalue weighted by Crippen LogP contribution is 2.24. The minimum absolute atomic E-state index is 0.0908. The van der Waals surface area contributed by atoms with E-state index in [2.05, 4.69) is 25.5 Å². The highest BCUT2D eigenvalue weighted by Gasteiger charge is 2.31. The van der Waals surface area contributed by atoms with Gasteiger partial charge in [-0.15, -0.1) is 0 Å². The number of aryl methyl sites for hydroxylation is 1. The van der Waals surface area contributed by atoms with Gasteiger partial charge in [-0.3, -0.25) is 20.0 Å². The maximum absolute atomic E-state index is 12.9. The van der Waals surface area contributed by atoms with Crippen molar-refractivity contribution in [3.63, 3.8) is 0 Å². The molecule has 4 aromatic rings. The lowest BCUT2D eigenvalue weighted by Crippen LogP contribution is -2.44. The standard InChI is InChI=1S/C25H25N5O3S/c1-15-12-17(19-4-2-3-5-21(19)26-15)13-33-18-8-6-16(7-9-18)24(31)27-22-10-11-32-14-20(22)23-28-25(34)30-29-23/h2-9,12,20,22H,10-11,13-14H2,1H3,(H,27,31)(H2,28,29,30,34)/t20-,22-/m0/s1. The van der Waals surface area contributed by atoms with E-state index in [1.807, 2.05) is 49.4 Å². The average molecular weight is 476 g/mol. The molecular formula is C25H25N5O3S. The Hall–Kier alpha value is -3.56. The summed E-state index contributed by atoms with van der Waals surface area (Å²) in [4.78, 5) is 21.8. The Labute approximate surface area is 201 Å².